The highest BCUT2D eigenvalue weighted by Crippen LogP contribution is 2.59. The lowest BCUT2D eigenvalue weighted by Gasteiger charge is -2.57. The zero-order chi connectivity index (χ0) is 21.1. The third-order valence-corrected chi connectivity index (χ3v) is 8.95. The predicted octanol–water partition coefficient (Wildman–Crippen LogP) is 3.40. The Morgan fingerprint density at radius 3 is 2.87 bits per heavy atom. The summed E-state index contributed by atoms with van der Waals surface area (Å²) in [5.41, 5.74) is 3.35. The van der Waals surface area contributed by atoms with Crippen LogP contribution in [-0.2, 0) is 9.53 Å². The fraction of sp³-hybridized carbons (Fsp3) is 0.917. The summed E-state index contributed by atoms with van der Waals surface area (Å²) in [6, 6.07) is 0. The van der Waals surface area contributed by atoms with Crippen LogP contribution in [0.5, 0.6) is 0 Å². The van der Waals surface area contributed by atoms with Crippen LogP contribution in [0.4, 0.5) is 0 Å². The first kappa shape index (κ1) is 22.2. The van der Waals surface area contributed by atoms with Gasteiger partial charge >= 0.3 is 0 Å². The number of nitrogens with one attached hydrogen (secondary N) is 1. The fourth-order valence-electron chi connectivity index (χ4n) is 7.41. The van der Waals surface area contributed by atoms with Crippen LogP contribution in [0.25, 0.3) is 0 Å². The number of rotatable bonds is 5. The summed E-state index contributed by atoms with van der Waals surface area (Å²) in [6.07, 6.45) is 12.6. The van der Waals surface area contributed by atoms with Crippen molar-refractivity contribution in [3.05, 3.63) is 0 Å². The van der Waals surface area contributed by atoms with E-state index >= 15 is 0 Å². The number of aliphatic hydroxyl groups is 1. The average molecular weight is 420 g/mol. The molecule has 1 heterocycles. The maximum absolute atomic E-state index is 13.0. The first-order valence-corrected chi connectivity index (χ1v) is 12.3. The van der Waals surface area contributed by atoms with E-state index in [1.54, 1.807) is 5.12 Å². The number of ether oxygens (including phenoxy) is 1. The van der Waals surface area contributed by atoms with Crippen LogP contribution in [0.3, 0.4) is 0 Å². The molecule has 0 saturated heterocycles. The van der Waals surface area contributed by atoms with Gasteiger partial charge in [0.25, 0.3) is 0 Å². The summed E-state index contributed by atoms with van der Waals surface area (Å²) >= 11 is 0. The molecule has 3 fully saturated rings. The Hall–Kier alpha value is -0.980. The summed E-state index contributed by atoms with van der Waals surface area (Å²) < 4.78 is 5.84. The molecule has 4 aliphatic rings. The lowest BCUT2D eigenvalue weighted by atomic mass is 9.49. The first-order chi connectivity index (χ1) is 14.5. The van der Waals surface area contributed by atoms with Gasteiger partial charge in [-0.25, -0.2) is 10.5 Å². The van der Waals surface area contributed by atoms with Crippen LogP contribution in [0, 0.1) is 35.0 Å². The van der Waals surface area contributed by atoms with Gasteiger partial charge < -0.3 is 9.84 Å². The second-order valence-corrected chi connectivity index (χ2v) is 10.5. The number of hydrazone groups is 1. The number of hydrogen-bond acceptors (Lipinski definition) is 6. The number of carbonyl (C=O) groups excluding carboxylic acids is 1. The van der Waals surface area contributed by atoms with Crippen molar-refractivity contribution in [1.82, 2.24) is 10.5 Å². The molecule has 1 unspecified atom stereocenters. The zero-order valence-corrected chi connectivity index (χ0v) is 18.9. The highest BCUT2D eigenvalue weighted by molar-refractivity contribution is 5.83. The molecule has 4 rings (SSSR count). The second-order valence-electron chi connectivity index (χ2n) is 10.5. The Labute approximate surface area is 181 Å². The quantitative estimate of drug-likeness (QED) is 0.714. The summed E-state index contributed by atoms with van der Waals surface area (Å²) in [4.78, 5) is 13.0. The maximum Gasteiger partial charge on any atom is 0.158 e. The van der Waals surface area contributed by atoms with Gasteiger partial charge in [-0.3, -0.25) is 4.79 Å². The van der Waals surface area contributed by atoms with Crippen molar-refractivity contribution in [2.45, 2.75) is 77.2 Å². The van der Waals surface area contributed by atoms with Crippen molar-refractivity contribution < 1.29 is 14.6 Å². The van der Waals surface area contributed by atoms with Crippen molar-refractivity contribution in [3.63, 3.8) is 0 Å². The maximum atomic E-state index is 13.0. The Bertz CT molecular complexity index is 627. The average Bonchev–Trinajstić information content (AvgIpc) is 3.25. The van der Waals surface area contributed by atoms with Crippen LogP contribution in [0.1, 0.15) is 71.1 Å². The molecule has 1 aliphatic heterocycles. The fourth-order valence-corrected chi connectivity index (χ4v) is 7.41. The molecule has 0 aromatic carbocycles. The molecular formula is C24H41N3O3. The Balaban J connectivity index is 1.48. The molecule has 0 amide bonds. The van der Waals surface area contributed by atoms with Gasteiger partial charge in [-0.1, -0.05) is 13.3 Å². The van der Waals surface area contributed by atoms with Gasteiger partial charge in [0.2, 0.25) is 0 Å². The number of ketones is 1. The standard InChI is InChI=1S/C24H41N3O3/c1-17-6-7-18(23(29)15-27-25-12-13-26-27)4-3-5-22-21(17)9-8-19-14-20(28)10-11-24(19,22)16-30-2/h12,17-22,26,28H,3-11,13-16H2,1-2H3/t17-,18+,19-,20+,21-,22?,24+/m0/s1. The molecule has 0 bridgehead atoms. The van der Waals surface area contributed by atoms with E-state index in [0.29, 0.717) is 30.1 Å². The molecule has 3 saturated carbocycles. The van der Waals surface area contributed by atoms with Crippen LogP contribution in [-0.4, -0.2) is 55.1 Å². The van der Waals surface area contributed by atoms with Gasteiger partial charge in [-0.2, -0.15) is 5.10 Å². The van der Waals surface area contributed by atoms with E-state index in [-0.39, 0.29) is 17.4 Å². The van der Waals surface area contributed by atoms with Crippen molar-refractivity contribution in [2.75, 3.05) is 26.8 Å². The monoisotopic (exact) mass is 419 g/mol. The number of nitrogens with zero attached hydrogens (tertiary/aromatic N) is 2. The second kappa shape index (κ2) is 9.66. The highest BCUT2D eigenvalue weighted by Gasteiger charge is 2.54. The Morgan fingerprint density at radius 1 is 1.23 bits per heavy atom. The predicted molar refractivity (Wildman–Crippen MR) is 118 cm³/mol. The van der Waals surface area contributed by atoms with Crippen molar-refractivity contribution in [1.29, 1.82) is 0 Å². The van der Waals surface area contributed by atoms with Gasteiger partial charge in [0.05, 0.1) is 19.3 Å². The molecule has 0 aromatic heterocycles. The number of carbonyl (C=O) groups is 1. The molecule has 0 radical (unpaired) electrons. The summed E-state index contributed by atoms with van der Waals surface area (Å²) in [5, 5.41) is 16.3. The zero-order valence-electron chi connectivity index (χ0n) is 18.9. The van der Waals surface area contributed by atoms with Crippen molar-refractivity contribution >= 4 is 12.0 Å². The number of fused-ring (bicyclic) bond motifs is 3. The molecular weight excluding hydrogens is 378 g/mol. The molecule has 3 aliphatic carbocycles. The van der Waals surface area contributed by atoms with E-state index in [9.17, 15) is 9.90 Å². The summed E-state index contributed by atoms with van der Waals surface area (Å²) in [5.74, 6) is 3.12. The van der Waals surface area contributed by atoms with Gasteiger partial charge in [-0.05, 0) is 86.9 Å². The molecule has 7 atom stereocenters. The SMILES string of the molecule is COC[C@]12CC[C@@H](O)C[C@@H]1CC[C@@H]1C2CCC[C@@H](C(=O)CN2N=CCN2)CC[C@@H]1C. The van der Waals surface area contributed by atoms with Crippen molar-refractivity contribution in [3.8, 4) is 0 Å². The molecule has 0 aromatic rings. The van der Waals surface area contributed by atoms with Crippen LogP contribution in [0.15, 0.2) is 5.10 Å². The van der Waals surface area contributed by atoms with Crippen LogP contribution in [0.2, 0.25) is 0 Å². The number of hydrogen-bond donors (Lipinski definition) is 2. The van der Waals surface area contributed by atoms with Gasteiger partial charge in [0, 0.05) is 19.2 Å². The number of hydrazine groups is 1. The minimum atomic E-state index is -0.130. The molecule has 6 heteroatoms. The lowest BCUT2D eigenvalue weighted by Crippen LogP contribution is -2.53. The highest BCUT2D eigenvalue weighted by atomic mass is 16.5. The molecule has 6 nitrogen and oxygen atoms in total. The van der Waals surface area contributed by atoms with E-state index < -0.39 is 0 Å². The lowest BCUT2D eigenvalue weighted by molar-refractivity contribution is -0.129. The third kappa shape index (κ3) is 4.46. The molecule has 30 heavy (non-hydrogen) atoms. The van der Waals surface area contributed by atoms with E-state index in [2.05, 4.69) is 17.5 Å². The van der Waals surface area contributed by atoms with E-state index in [0.717, 1.165) is 64.0 Å². The molecule has 2 N–H and O–H groups in total. The largest absolute Gasteiger partial charge is 0.393 e. The Kier molecular flexibility index (Phi) is 7.16. The Morgan fingerprint density at radius 2 is 2.10 bits per heavy atom. The minimum Gasteiger partial charge on any atom is -0.393 e. The molecule has 170 valence electrons. The van der Waals surface area contributed by atoms with Crippen molar-refractivity contribution in [2.24, 2.45) is 40.1 Å². The minimum absolute atomic E-state index is 0.130. The third-order valence-electron chi connectivity index (χ3n) is 8.95. The molecule has 0 spiro atoms. The van der Waals surface area contributed by atoms with E-state index in [1.165, 1.54) is 19.3 Å². The van der Waals surface area contributed by atoms with Crippen LogP contribution >= 0.6 is 0 Å². The summed E-state index contributed by atoms with van der Waals surface area (Å²) in [7, 11) is 1.85. The van der Waals surface area contributed by atoms with E-state index in [4.69, 9.17) is 4.74 Å². The number of Topliss-reactive ketones (excluding diaryl/α,β-unsaturated/α-hetero) is 1. The smallest absolute Gasteiger partial charge is 0.158 e. The normalized spacial score (nSPS) is 42.0. The number of methoxy groups -OCH3 is 1. The number of aliphatic hydroxyl groups excluding tert-OH is 1. The summed E-state index contributed by atoms with van der Waals surface area (Å²) in [6.45, 7) is 4.36. The van der Waals surface area contributed by atoms with Gasteiger partial charge in [0.15, 0.2) is 5.78 Å². The van der Waals surface area contributed by atoms with Gasteiger partial charge in [-0.15, -0.1) is 0 Å². The topological polar surface area (TPSA) is 74.2 Å². The van der Waals surface area contributed by atoms with Gasteiger partial charge in [0.1, 0.15) is 6.54 Å². The first-order valence-electron chi connectivity index (χ1n) is 12.3. The van der Waals surface area contributed by atoms with E-state index in [1.807, 2.05) is 13.3 Å². The van der Waals surface area contributed by atoms with Crippen LogP contribution < -0.4 is 5.43 Å².